The molecule has 1 unspecified atom stereocenters. The highest BCUT2D eigenvalue weighted by atomic mass is 32.2. The van der Waals surface area contributed by atoms with E-state index >= 15 is 0 Å². The van der Waals surface area contributed by atoms with E-state index in [2.05, 4.69) is 10.2 Å². The van der Waals surface area contributed by atoms with Crippen LogP contribution in [0.3, 0.4) is 0 Å². The lowest BCUT2D eigenvalue weighted by atomic mass is 10.1. The first-order chi connectivity index (χ1) is 11.7. The van der Waals surface area contributed by atoms with Crippen LogP contribution < -0.4 is 10.5 Å². The Bertz CT molecular complexity index is 662. The van der Waals surface area contributed by atoms with Crippen molar-refractivity contribution in [1.82, 2.24) is 10.2 Å². The van der Waals surface area contributed by atoms with Gasteiger partial charge < -0.3 is 10.1 Å². The predicted octanol–water partition coefficient (Wildman–Crippen LogP) is 1.31. The third-order valence-corrected chi connectivity index (χ3v) is 6.16. The molecular weight excluding hydrogens is 368 g/mol. The maximum atomic E-state index is 11.6. The lowest BCUT2D eigenvalue weighted by Crippen LogP contribution is -2.37. The van der Waals surface area contributed by atoms with Crippen molar-refractivity contribution >= 4 is 26.4 Å². The zero-order chi connectivity index (χ0) is 19.0. The van der Waals surface area contributed by atoms with Crippen molar-refractivity contribution in [3.05, 3.63) is 21.7 Å². The van der Waals surface area contributed by atoms with Crippen molar-refractivity contribution in [3.8, 4) is 0 Å². The zero-order valence-corrected chi connectivity index (χ0v) is 16.4. The number of sulfonamides is 1. The van der Waals surface area contributed by atoms with Gasteiger partial charge in [0.15, 0.2) is 0 Å². The average molecular weight is 395 g/mol. The van der Waals surface area contributed by atoms with E-state index in [1.54, 1.807) is 0 Å². The second-order valence-electron chi connectivity index (χ2n) is 5.33. The van der Waals surface area contributed by atoms with Crippen LogP contribution in [0.5, 0.6) is 0 Å². The highest BCUT2D eigenvalue weighted by molar-refractivity contribution is 7.91. The molecule has 3 N–H and O–H groups in total. The number of ether oxygens (including phenoxy) is 1. The number of nitrogens with two attached hydrogens (primary N) is 1. The van der Waals surface area contributed by atoms with Crippen LogP contribution in [0.4, 0.5) is 5.00 Å². The minimum atomic E-state index is -3.99. The molecular formula is C14H26N4O5S2. The molecule has 0 saturated carbocycles. The summed E-state index contributed by atoms with van der Waals surface area (Å²) in [6.45, 7) is 9.51. The minimum Gasteiger partial charge on any atom is -0.380 e. The van der Waals surface area contributed by atoms with E-state index in [0.717, 1.165) is 6.54 Å². The number of nitro groups is 1. The van der Waals surface area contributed by atoms with Gasteiger partial charge in [-0.25, -0.2) is 13.6 Å². The third kappa shape index (κ3) is 6.60. The van der Waals surface area contributed by atoms with E-state index in [1.165, 1.54) is 6.07 Å². The summed E-state index contributed by atoms with van der Waals surface area (Å²) in [5, 5.41) is 19.5. The SMILES string of the molecule is CCNC(CN(CC)CCOCC)c1cc(S(N)(=O)=O)sc1[N+](=O)[O-]. The summed E-state index contributed by atoms with van der Waals surface area (Å²) in [4.78, 5) is 12.9. The van der Waals surface area contributed by atoms with E-state index in [9.17, 15) is 18.5 Å². The van der Waals surface area contributed by atoms with Crippen LogP contribution in [-0.4, -0.2) is 57.6 Å². The van der Waals surface area contributed by atoms with Crippen LogP contribution >= 0.6 is 11.3 Å². The lowest BCUT2D eigenvalue weighted by Gasteiger charge is -2.26. The van der Waals surface area contributed by atoms with Crippen LogP contribution in [0.2, 0.25) is 0 Å². The predicted molar refractivity (Wildman–Crippen MR) is 97.4 cm³/mol. The van der Waals surface area contributed by atoms with Gasteiger partial charge in [-0.3, -0.25) is 15.0 Å². The second kappa shape index (κ2) is 10.1. The molecule has 1 rings (SSSR count). The number of rotatable bonds is 12. The minimum absolute atomic E-state index is 0.198. The number of primary sulfonamides is 1. The fraction of sp³-hybridized carbons (Fsp3) is 0.714. The van der Waals surface area contributed by atoms with E-state index < -0.39 is 14.9 Å². The Kier molecular flexibility index (Phi) is 8.89. The molecule has 0 radical (unpaired) electrons. The van der Waals surface area contributed by atoms with E-state index in [-0.39, 0.29) is 15.3 Å². The van der Waals surface area contributed by atoms with E-state index in [1.807, 2.05) is 20.8 Å². The smallest absolute Gasteiger partial charge is 0.330 e. The number of nitrogens with one attached hydrogen (secondary N) is 1. The Labute approximate surface area is 152 Å². The zero-order valence-electron chi connectivity index (χ0n) is 14.7. The largest absolute Gasteiger partial charge is 0.380 e. The van der Waals surface area contributed by atoms with E-state index in [0.29, 0.717) is 49.7 Å². The van der Waals surface area contributed by atoms with Crippen molar-refractivity contribution in [1.29, 1.82) is 0 Å². The highest BCUT2D eigenvalue weighted by Gasteiger charge is 2.29. The number of likely N-dealkylation sites (N-methyl/N-ethyl adjacent to an activating group) is 2. The van der Waals surface area contributed by atoms with Gasteiger partial charge in [-0.15, -0.1) is 0 Å². The molecule has 25 heavy (non-hydrogen) atoms. The summed E-state index contributed by atoms with van der Waals surface area (Å²) >= 11 is 0.590. The van der Waals surface area contributed by atoms with Gasteiger partial charge in [-0.2, -0.15) is 0 Å². The summed E-state index contributed by atoms with van der Waals surface area (Å²) in [5.41, 5.74) is 0.343. The molecule has 1 aromatic rings. The van der Waals surface area contributed by atoms with Gasteiger partial charge in [0.2, 0.25) is 10.0 Å². The van der Waals surface area contributed by atoms with Gasteiger partial charge in [0.1, 0.15) is 4.21 Å². The Morgan fingerprint density at radius 3 is 2.60 bits per heavy atom. The molecule has 144 valence electrons. The van der Waals surface area contributed by atoms with Gasteiger partial charge in [-0.1, -0.05) is 13.8 Å². The van der Waals surface area contributed by atoms with Crippen LogP contribution in [0.15, 0.2) is 10.3 Å². The Balaban J connectivity index is 3.11. The number of hydrogen-bond acceptors (Lipinski definition) is 8. The topological polar surface area (TPSA) is 128 Å². The molecule has 0 spiro atoms. The summed E-state index contributed by atoms with van der Waals surface area (Å²) in [6.07, 6.45) is 0. The number of hydrogen-bond donors (Lipinski definition) is 2. The number of thiophene rings is 1. The van der Waals surface area contributed by atoms with Crippen LogP contribution in [0, 0.1) is 10.1 Å². The van der Waals surface area contributed by atoms with Crippen molar-refractivity contribution in [2.75, 3.05) is 39.4 Å². The molecule has 1 atom stereocenters. The standard InChI is InChI=1S/C14H26N4O5S2/c1-4-16-12(10-17(5-2)7-8-23-6-3)11-9-13(25(15,21)22)24-14(11)18(19)20/h9,12,16H,4-8,10H2,1-3H3,(H2,15,21,22). The first-order valence-electron chi connectivity index (χ1n) is 8.08. The lowest BCUT2D eigenvalue weighted by molar-refractivity contribution is -0.381. The van der Waals surface area contributed by atoms with Crippen molar-refractivity contribution in [2.45, 2.75) is 31.0 Å². The maximum Gasteiger partial charge on any atom is 0.330 e. The summed E-state index contributed by atoms with van der Waals surface area (Å²) < 4.78 is 28.3. The molecule has 0 bridgehead atoms. The molecule has 0 fully saturated rings. The molecule has 0 aliphatic rings. The summed E-state index contributed by atoms with van der Waals surface area (Å²) in [5.74, 6) is 0. The third-order valence-electron chi connectivity index (χ3n) is 3.63. The Morgan fingerprint density at radius 2 is 2.12 bits per heavy atom. The van der Waals surface area contributed by atoms with Gasteiger partial charge in [0.25, 0.3) is 0 Å². The number of nitrogens with zero attached hydrogens (tertiary/aromatic N) is 2. The molecule has 1 heterocycles. The van der Waals surface area contributed by atoms with Crippen LogP contribution in [-0.2, 0) is 14.8 Å². The summed E-state index contributed by atoms with van der Waals surface area (Å²) in [6, 6.07) is 0.931. The van der Waals surface area contributed by atoms with Crippen molar-refractivity contribution in [2.24, 2.45) is 5.14 Å². The first kappa shape index (κ1) is 21.9. The van der Waals surface area contributed by atoms with Crippen LogP contribution in [0.1, 0.15) is 32.4 Å². The van der Waals surface area contributed by atoms with E-state index in [4.69, 9.17) is 9.88 Å². The van der Waals surface area contributed by atoms with Gasteiger partial charge in [-0.05, 0) is 37.4 Å². The van der Waals surface area contributed by atoms with Gasteiger partial charge in [0.05, 0.1) is 23.1 Å². The van der Waals surface area contributed by atoms with Gasteiger partial charge >= 0.3 is 5.00 Å². The van der Waals surface area contributed by atoms with Crippen molar-refractivity contribution in [3.63, 3.8) is 0 Å². The first-order valence-corrected chi connectivity index (χ1v) is 10.4. The Hall–Kier alpha value is -1.11. The molecule has 1 aromatic heterocycles. The monoisotopic (exact) mass is 394 g/mol. The molecule has 0 aliphatic heterocycles. The normalized spacial score (nSPS) is 13.3. The fourth-order valence-corrected chi connectivity index (χ4v) is 4.16. The molecule has 0 amide bonds. The van der Waals surface area contributed by atoms with Crippen LogP contribution in [0.25, 0.3) is 0 Å². The molecule has 9 nitrogen and oxygen atoms in total. The molecule has 11 heteroatoms. The second-order valence-corrected chi connectivity index (χ2v) is 8.15. The quantitative estimate of drug-likeness (QED) is 0.311. The van der Waals surface area contributed by atoms with Gasteiger partial charge in [0, 0.05) is 19.7 Å². The molecule has 0 aliphatic carbocycles. The maximum absolute atomic E-state index is 11.6. The molecule has 0 aromatic carbocycles. The summed E-state index contributed by atoms with van der Waals surface area (Å²) in [7, 11) is -3.99. The van der Waals surface area contributed by atoms with Crippen molar-refractivity contribution < 1.29 is 18.1 Å². The average Bonchev–Trinajstić information content (AvgIpc) is 2.99. The molecule has 0 saturated heterocycles. The fourth-order valence-electron chi connectivity index (χ4n) is 2.40. The Morgan fingerprint density at radius 1 is 1.44 bits per heavy atom. The highest BCUT2D eigenvalue weighted by Crippen LogP contribution is 2.36.